The molecule has 1 aromatic carbocycles. The summed E-state index contributed by atoms with van der Waals surface area (Å²) < 4.78 is 12.7. The van der Waals surface area contributed by atoms with Crippen molar-refractivity contribution in [1.82, 2.24) is 9.88 Å². The van der Waals surface area contributed by atoms with E-state index in [9.17, 15) is 14.7 Å². The highest BCUT2D eigenvalue weighted by molar-refractivity contribution is 5.99. The number of aromatic nitrogens is 1. The quantitative estimate of drug-likeness (QED) is 0.776. The van der Waals surface area contributed by atoms with Crippen LogP contribution >= 0.6 is 0 Å². The van der Waals surface area contributed by atoms with Gasteiger partial charge in [-0.2, -0.15) is 0 Å². The third kappa shape index (κ3) is 3.84. The van der Waals surface area contributed by atoms with Gasteiger partial charge in [0.1, 0.15) is 0 Å². The molecule has 1 unspecified atom stereocenters. The molecule has 2 N–H and O–H groups in total. The second-order valence-electron chi connectivity index (χ2n) is 7.19. The minimum Gasteiger partial charge on any atom is -0.481 e. The van der Waals surface area contributed by atoms with Crippen LogP contribution < -0.4 is 5.32 Å². The van der Waals surface area contributed by atoms with Crippen molar-refractivity contribution in [2.24, 2.45) is 0 Å². The molecule has 1 aliphatic rings. The number of methoxy groups -OCH3 is 1. The third-order valence-electron chi connectivity index (χ3n) is 5.39. The average Bonchev–Trinajstić information content (AvgIpc) is 3.16. The fourth-order valence-electron chi connectivity index (χ4n) is 3.75. The van der Waals surface area contributed by atoms with Crippen LogP contribution in [0.15, 0.2) is 18.2 Å². The molecule has 2 aromatic rings. The largest absolute Gasteiger partial charge is 0.481 e. The van der Waals surface area contributed by atoms with E-state index < -0.39 is 11.5 Å². The standard InChI is InChI=1S/C20H26N2O5/c1-13-14(2)22(7-9-26-3)17-5-4-15(10-16(13)17)19(25)21-20(11-18(23)24)6-8-27-12-20/h4-5,10H,6-9,11-12H2,1-3H3,(H,21,25)(H,23,24). The number of nitrogens with one attached hydrogen (secondary N) is 1. The molecule has 1 fully saturated rings. The smallest absolute Gasteiger partial charge is 0.305 e. The third-order valence-corrected chi connectivity index (χ3v) is 5.39. The monoisotopic (exact) mass is 374 g/mol. The first-order valence-electron chi connectivity index (χ1n) is 9.07. The van der Waals surface area contributed by atoms with E-state index in [0.717, 1.165) is 28.7 Å². The Hall–Kier alpha value is -2.38. The summed E-state index contributed by atoms with van der Waals surface area (Å²) in [6, 6.07) is 5.60. The van der Waals surface area contributed by atoms with Crippen molar-refractivity contribution in [2.75, 3.05) is 26.9 Å². The lowest BCUT2D eigenvalue weighted by Gasteiger charge is -2.27. The van der Waals surface area contributed by atoms with Gasteiger partial charge in [-0.05, 0) is 44.0 Å². The Balaban J connectivity index is 1.89. The molecule has 1 saturated heterocycles. The van der Waals surface area contributed by atoms with Crippen LogP contribution in [-0.4, -0.2) is 54.0 Å². The average molecular weight is 374 g/mol. The Morgan fingerprint density at radius 1 is 1.37 bits per heavy atom. The molecule has 3 rings (SSSR count). The lowest BCUT2D eigenvalue weighted by molar-refractivity contribution is -0.138. The zero-order valence-corrected chi connectivity index (χ0v) is 16.0. The summed E-state index contributed by atoms with van der Waals surface area (Å²) in [5.74, 6) is -1.22. The van der Waals surface area contributed by atoms with E-state index in [2.05, 4.69) is 16.8 Å². The van der Waals surface area contributed by atoms with E-state index in [1.807, 2.05) is 19.1 Å². The highest BCUT2D eigenvalue weighted by Gasteiger charge is 2.38. The van der Waals surface area contributed by atoms with Gasteiger partial charge in [-0.1, -0.05) is 0 Å². The van der Waals surface area contributed by atoms with Crippen molar-refractivity contribution in [2.45, 2.75) is 38.8 Å². The molecular formula is C20H26N2O5. The number of carboxylic acids is 1. The molecule has 0 aliphatic carbocycles. The van der Waals surface area contributed by atoms with Crippen LogP contribution in [0.3, 0.4) is 0 Å². The number of amides is 1. The summed E-state index contributed by atoms with van der Waals surface area (Å²) in [6.45, 7) is 6.13. The van der Waals surface area contributed by atoms with Crippen LogP contribution in [0.5, 0.6) is 0 Å². The lowest BCUT2D eigenvalue weighted by Crippen LogP contribution is -2.50. The zero-order valence-electron chi connectivity index (χ0n) is 16.0. The number of carbonyl (C=O) groups is 2. The van der Waals surface area contributed by atoms with E-state index in [1.54, 1.807) is 13.2 Å². The van der Waals surface area contributed by atoms with Crippen LogP contribution in [0.25, 0.3) is 10.9 Å². The predicted molar refractivity (Wildman–Crippen MR) is 101 cm³/mol. The number of aryl methyl sites for hydroxylation is 1. The van der Waals surface area contributed by atoms with Crippen molar-refractivity contribution < 1.29 is 24.2 Å². The molecule has 1 amide bonds. The van der Waals surface area contributed by atoms with Crippen LogP contribution in [0.4, 0.5) is 0 Å². The molecule has 0 saturated carbocycles. The number of ether oxygens (including phenoxy) is 2. The number of fused-ring (bicyclic) bond motifs is 1. The first kappa shape index (κ1) is 19.4. The van der Waals surface area contributed by atoms with Gasteiger partial charge < -0.3 is 24.5 Å². The Labute approximate surface area is 158 Å². The topological polar surface area (TPSA) is 89.8 Å². The fraction of sp³-hybridized carbons (Fsp3) is 0.500. The molecule has 1 aliphatic heterocycles. The first-order chi connectivity index (χ1) is 12.9. The number of carbonyl (C=O) groups excluding carboxylic acids is 1. The van der Waals surface area contributed by atoms with E-state index in [1.165, 1.54) is 0 Å². The normalized spacial score (nSPS) is 19.5. The maximum absolute atomic E-state index is 12.8. The van der Waals surface area contributed by atoms with Gasteiger partial charge in [-0.25, -0.2) is 0 Å². The minimum atomic E-state index is -0.946. The van der Waals surface area contributed by atoms with E-state index >= 15 is 0 Å². The molecule has 7 heteroatoms. The van der Waals surface area contributed by atoms with Crippen molar-refractivity contribution in [3.05, 3.63) is 35.0 Å². The van der Waals surface area contributed by atoms with Gasteiger partial charge in [0.25, 0.3) is 5.91 Å². The first-order valence-corrected chi connectivity index (χ1v) is 9.07. The molecule has 0 radical (unpaired) electrons. The van der Waals surface area contributed by atoms with Gasteiger partial charge in [0, 0.05) is 42.4 Å². The van der Waals surface area contributed by atoms with Crippen molar-refractivity contribution in [1.29, 1.82) is 0 Å². The number of rotatable bonds is 7. The summed E-state index contributed by atoms with van der Waals surface area (Å²) in [6.07, 6.45) is 0.353. The van der Waals surface area contributed by atoms with Crippen LogP contribution in [0, 0.1) is 13.8 Å². The molecule has 27 heavy (non-hydrogen) atoms. The molecule has 1 atom stereocenters. The van der Waals surface area contributed by atoms with Gasteiger partial charge in [-0.15, -0.1) is 0 Å². The SMILES string of the molecule is COCCn1c(C)c(C)c2cc(C(=O)NC3(CC(=O)O)CCOC3)ccc21. The Kier molecular flexibility index (Phi) is 5.53. The Morgan fingerprint density at radius 3 is 2.78 bits per heavy atom. The maximum atomic E-state index is 12.8. The Bertz CT molecular complexity index is 865. The van der Waals surface area contributed by atoms with Gasteiger partial charge in [0.15, 0.2) is 0 Å². The van der Waals surface area contributed by atoms with Crippen LogP contribution in [-0.2, 0) is 20.8 Å². The molecule has 0 bridgehead atoms. The number of hydrogen-bond donors (Lipinski definition) is 2. The van der Waals surface area contributed by atoms with Crippen molar-refractivity contribution in [3.8, 4) is 0 Å². The summed E-state index contributed by atoms with van der Waals surface area (Å²) in [4.78, 5) is 24.0. The van der Waals surface area contributed by atoms with E-state index in [0.29, 0.717) is 25.2 Å². The molecular weight excluding hydrogens is 348 g/mol. The van der Waals surface area contributed by atoms with Gasteiger partial charge >= 0.3 is 5.97 Å². The Morgan fingerprint density at radius 2 is 2.15 bits per heavy atom. The second-order valence-corrected chi connectivity index (χ2v) is 7.19. The second kappa shape index (κ2) is 7.70. The van der Waals surface area contributed by atoms with E-state index in [4.69, 9.17) is 9.47 Å². The molecule has 7 nitrogen and oxygen atoms in total. The summed E-state index contributed by atoms with van der Waals surface area (Å²) >= 11 is 0. The highest BCUT2D eigenvalue weighted by Crippen LogP contribution is 2.28. The summed E-state index contributed by atoms with van der Waals surface area (Å²) in [5.41, 5.74) is 3.01. The molecule has 1 aromatic heterocycles. The molecule has 2 heterocycles. The summed E-state index contributed by atoms with van der Waals surface area (Å²) in [7, 11) is 1.68. The number of hydrogen-bond acceptors (Lipinski definition) is 4. The fourth-order valence-corrected chi connectivity index (χ4v) is 3.75. The van der Waals surface area contributed by atoms with E-state index in [-0.39, 0.29) is 18.9 Å². The van der Waals surface area contributed by atoms with Gasteiger partial charge in [0.2, 0.25) is 0 Å². The molecule has 0 spiro atoms. The number of aliphatic carboxylic acids is 1. The predicted octanol–water partition coefficient (Wildman–Crippen LogP) is 2.27. The number of nitrogens with zero attached hydrogens (tertiary/aromatic N) is 1. The van der Waals surface area contributed by atoms with Gasteiger partial charge in [0.05, 0.1) is 25.2 Å². The zero-order chi connectivity index (χ0) is 19.6. The highest BCUT2D eigenvalue weighted by atomic mass is 16.5. The minimum absolute atomic E-state index is 0.146. The molecule has 146 valence electrons. The maximum Gasteiger partial charge on any atom is 0.305 e. The summed E-state index contributed by atoms with van der Waals surface area (Å²) in [5, 5.41) is 13.1. The number of benzene rings is 1. The lowest BCUT2D eigenvalue weighted by atomic mass is 9.93. The van der Waals surface area contributed by atoms with Crippen molar-refractivity contribution >= 4 is 22.8 Å². The van der Waals surface area contributed by atoms with Crippen molar-refractivity contribution in [3.63, 3.8) is 0 Å². The van der Waals surface area contributed by atoms with Gasteiger partial charge in [-0.3, -0.25) is 9.59 Å². The van der Waals surface area contributed by atoms with Crippen LogP contribution in [0.2, 0.25) is 0 Å². The van der Waals surface area contributed by atoms with Crippen LogP contribution in [0.1, 0.15) is 34.5 Å². The number of carboxylic acid groups (broad SMARTS) is 1.